The number of hydrogen-bond donors (Lipinski definition) is 1. The van der Waals surface area contributed by atoms with Gasteiger partial charge < -0.3 is 14.8 Å². The number of nitrogens with zero attached hydrogens (tertiary/aromatic N) is 1. The predicted octanol–water partition coefficient (Wildman–Crippen LogP) is 1.99. The Morgan fingerprint density at radius 1 is 1.16 bits per heavy atom. The van der Waals surface area contributed by atoms with E-state index in [4.69, 9.17) is 9.47 Å². The van der Waals surface area contributed by atoms with E-state index in [0.29, 0.717) is 6.61 Å². The fraction of sp³-hybridized carbons (Fsp3) is 0.400. The third-order valence-electron chi connectivity index (χ3n) is 3.02. The van der Waals surface area contributed by atoms with E-state index in [0.717, 1.165) is 24.3 Å². The fourth-order valence-electron chi connectivity index (χ4n) is 1.96. The van der Waals surface area contributed by atoms with Crippen molar-refractivity contribution in [3.63, 3.8) is 0 Å². The summed E-state index contributed by atoms with van der Waals surface area (Å²) in [6.07, 6.45) is 0.0745. The lowest BCUT2D eigenvalue weighted by atomic mass is 10.2. The molecule has 0 amide bonds. The molecule has 1 aromatic heterocycles. The van der Waals surface area contributed by atoms with E-state index in [9.17, 15) is 0 Å². The Labute approximate surface area is 113 Å². The first-order valence-electron chi connectivity index (χ1n) is 6.40. The quantitative estimate of drug-likeness (QED) is 0.826. The maximum atomic E-state index is 5.29. The summed E-state index contributed by atoms with van der Waals surface area (Å²) >= 11 is 0. The van der Waals surface area contributed by atoms with Gasteiger partial charge in [-0.15, -0.1) is 0 Å². The molecule has 0 saturated heterocycles. The Morgan fingerprint density at radius 3 is 2.79 bits per heavy atom. The molecule has 0 saturated carbocycles. The van der Waals surface area contributed by atoms with Crippen molar-refractivity contribution in [1.82, 2.24) is 10.3 Å². The summed E-state index contributed by atoms with van der Waals surface area (Å²) in [4.78, 5) is 4.61. The van der Waals surface area contributed by atoms with Crippen LogP contribution in [0.1, 0.15) is 5.69 Å². The van der Waals surface area contributed by atoms with Gasteiger partial charge in [-0.05, 0) is 12.1 Å². The second-order valence-electron chi connectivity index (χ2n) is 4.44. The Bertz CT molecular complexity index is 516. The van der Waals surface area contributed by atoms with Gasteiger partial charge >= 0.3 is 0 Å². The van der Waals surface area contributed by atoms with Crippen molar-refractivity contribution in [2.45, 2.75) is 12.6 Å². The van der Waals surface area contributed by atoms with Crippen LogP contribution in [0, 0.1) is 0 Å². The monoisotopic (exact) mass is 260 g/mol. The predicted molar refractivity (Wildman–Crippen MR) is 76.1 cm³/mol. The van der Waals surface area contributed by atoms with Gasteiger partial charge in [0.25, 0.3) is 0 Å². The lowest BCUT2D eigenvalue weighted by Gasteiger charge is -2.14. The number of hydrogen-bond acceptors (Lipinski definition) is 4. The molecule has 1 N–H and O–H groups in total. The van der Waals surface area contributed by atoms with E-state index < -0.39 is 0 Å². The second-order valence-corrected chi connectivity index (χ2v) is 4.44. The van der Waals surface area contributed by atoms with Crippen molar-refractivity contribution in [2.24, 2.45) is 0 Å². The number of aromatic nitrogens is 1. The zero-order valence-electron chi connectivity index (χ0n) is 11.4. The average Bonchev–Trinajstić information content (AvgIpc) is 2.46. The summed E-state index contributed by atoms with van der Waals surface area (Å²) in [5.41, 5.74) is 2.06. The number of nitrogens with one attached hydrogen (secondary N) is 1. The topological polar surface area (TPSA) is 43.4 Å². The minimum atomic E-state index is 0.0745. The molecule has 0 radical (unpaired) electrons. The molecule has 0 aliphatic carbocycles. The van der Waals surface area contributed by atoms with Crippen LogP contribution in [-0.2, 0) is 16.0 Å². The van der Waals surface area contributed by atoms with E-state index in [1.54, 1.807) is 14.2 Å². The van der Waals surface area contributed by atoms with E-state index in [-0.39, 0.29) is 6.10 Å². The summed E-state index contributed by atoms with van der Waals surface area (Å²) in [5.74, 6) is 0. The van der Waals surface area contributed by atoms with E-state index in [1.165, 1.54) is 5.39 Å². The fourth-order valence-corrected chi connectivity index (χ4v) is 1.96. The molecule has 0 fully saturated rings. The van der Waals surface area contributed by atoms with Crippen LogP contribution < -0.4 is 5.32 Å². The highest BCUT2D eigenvalue weighted by molar-refractivity contribution is 5.78. The van der Waals surface area contributed by atoms with Gasteiger partial charge in [0.15, 0.2) is 0 Å². The van der Waals surface area contributed by atoms with Crippen LogP contribution in [0.3, 0.4) is 0 Å². The summed E-state index contributed by atoms with van der Waals surface area (Å²) in [5, 5.41) is 4.50. The number of methoxy groups -OCH3 is 2. The maximum Gasteiger partial charge on any atom is 0.0928 e. The third-order valence-corrected chi connectivity index (χ3v) is 3.02. The molecule has 2 aromatic rings. The van der Waals surface area contributed by atoms with Crippen LogP contribution in [0.25, 0.3) is 10.9 Å². The van der Waals surface area contributed by atoms with Crippen LogP contribution in [0.4, 0.5) is 0 Å². The summed E-state index contributed by atoms with van der Waals surface area (Å²) < 4.78 is 10.4. The maximum absolute atomic E-state index is 5.29. The lowest BCUT2D eigenvalue weighted by Crippen LogP contribution is -2.31. The van der Waals surface area contributed by atoms with Gasteiger partial charge in [0.05, 0.1) is 23.9 Å². The molecule has 0 aliphatic rings. The molecule has 1 aromatic carbocycles. The van der Waals surface area contributed by atoms with Crippen molar-refractivity contribution in [1.29, 1.82) is 0 Å². The first-order valence-corrected chi connectivity index (χ1v) is 6.40. The Morgan fingerprint density at radius 2 is 2.00 bits per heavy atom. The van der Waals surface area contributed by atoms with Crippen molar-refractivity contribution in [3.8, 4) is 0 Å². The summed E-state index contributed by atoms with van der Waals surface area (Å²) in [6.45, 7) is 2.07. The minimum absolute atomic E-state index is 0.0745. The number of ether oxygens (including phenoxy) is 2. The zero-order valence-corrected chi connectivity index (χ0v) is 11.4. The first-order chi connectivity index (χ1) is 9.33. The molecule has 2 rings (SSSR count). The molecule has 0 aliphatic heterocycles. The number of fused-ring (bicyclic) bond motifs is 1. The molecule has 1 heterocycles. The van der Waals surface area contributed by atoms with Gasteiger partial charge in [-0.25, -0.2) is 0 Å². The Hall–Kier alpha value is -1.49. The molecular weight excluding hydrogens is 240 g/mol. The summed E-state index contributed by atoms with van der Waals surface area (Å²) in [6, 6.07) is 12.3. The van der Waals surface area contributed by atoms with Crippen molar-refractivity contribution in [3.05, 3.63) is 42.1 Å². The standard InChI is InChI=1S/C15H20N2O2/c1-18-11-14(19-2)10-16-9-13-8-7-12-5-3-4-6-15(12)17-13/h3-8,14,16H,9-11H2,1-2H3. The van der Waals surface area contributed by atoms with Gasteiger partial charge in [0.1, 0.15) is 0 Å². The molecule has 0 spiro atoms. The van der Waals surface area contributed by atoms with Gasteiger partial charge in [-0.2, -0.15) is 0 Å². The van der Waals surface area contributed by atoms with Gasteiger partial charge in [0, 0.05) is 32.7 Å². The zero-order chi connectivity index (χ0) is 13.5. The van der Waals surface area contributed by atoms with Crippen LogP contribution in [0.15, 0.2) is 36.4 Å². The van der Waals surface area contributed by atoms with E-state index in [1.807, 2.05) is 24.3 Å². The molecule has 1 unspecified atom stereocenters. The normalized spacial score (nSPS) is 12.7. The van der Waals surface area contributed by atoms with E-state index >= 15 is 0 Å². The Kier molecular flexibility index (Phi) is 5.27. The Balaban J connectivity index is 1.90. The van der Waals surface area contributed by atoms with Gasteiger partial charge in [-0.3, -0.25) is 4.98 Å². The number of pyridine rings is 1. The number of benzene rings is 1. The smallest absolute Gasteiger partial charge is 0.0928 e. The van der Waals surface area contributed by atoms with Gasteiger partial charge in [0.2, 0.25) is 0 Å². The average molecular weight is 260 g/mol. The highest BCUT2D eigenvalue weighted by Crippen LogP contribution is 2.11. The van der Waals surface area contributed by atoms with Crippen LogP contribution in [-0.4, -0.2) is 38.5 Å². The third kappa shape index (κ3) is 3.99. The van der Waals surface area contributed by atoms with Crippen LogP contribution in [0.2, 0.25) is 0 Å². The van der Waals surface area contributed by atoms with Crippen molar-refractivity contribution in [2.75, 3.05) is 27.4 Å². The van der Waals surface area contributed by atoms with E-state index in [2.05, 4.69) is 22.4 Å². The van der Waals surface area contributed by atoms with Crippen molar-refractivity contribution >= 4 is 10.9 Å². The summed E-state index contributed by atoms with van der Waals surface area (Å²) in [7, 11) is 3.37. The van der Waals surface area contributed by atoms with Crippen LogP contribution >= 0.6 is 0 Å². The highest BCUT2D eigenvalue weighted by atomic mass is 16.5. The molecular formula is C15H20N2O2. The molecule has 102 valence electrons. The number of para-hydroxylation sites is 1. The molecule has 0 bridgehead atoms. The minimum Gasteiger partial charge on any atom is -0.382 e. The number of rotatable bonds is 7. The molecule has 4 heteroatoms. The lowest BCUT2D eigenvalue weighted by molar-refractivity contribution is 0.0287. The largest absolute Gasteiger partial charge is 0.382 e. The van der Waals surface area contributed by atoms with Gasteiger partial charge in [-0.1, -0.05) is 24.3 Å². The van der Waals surface area contributed by atoms with Crippen molar-refractivity contribution < 1.29 is 9.47 Å². The molecule has 4 nitrogen and oxygen atoms in total. The SMILES string of the molecule is COCC(CNCc1ccc2ccccc2n1)OC. The second kappa shape index (κ2) is 7.19. The molecule has 19 heavy (non-hydrogen) atoms. The highest BCUT2D eigenvalue weighted by Gasteiger charge is 2.06. The molecule has 1 atom stereocenters. The first kappa shape index (κ1) is 13.9. The van der Waals surface area contributed by atoms with Crippen LogP contribution in [0.5, 0.6) is 0 Å².